The molecule has 3 aromatic rings. The molecule has 0 radical (unpaired) electrons. The largest absolute Gasteiger partial charge is 0.378 e. The van der Waals surface area contributed by atoms with E-state index in [1.54, 1.807) is 18.6 Å². The molecule has 0 aliphatic heterocycles. The van der Waals surface area contributed by atoms with Crippen LogP contribution in [-0.4, -0.2) is 34.0 Å². The molecule has 6 heteroatoms. The third-order valence-corrected chi connectivity index (χ3v) is 3.60. The molecule has 6 nitrogen and oxygen atoms in total. The Bertz CT molecular complexity index is 796. The highest BCUT2D eigenvalue weighted by Gasteiger charge is 2.04. The van der Waals surface area contributed by atoms with Crippen LogP contribution in [0.4, 0.5) is 11.6 Å². The maximum atomic E-state index is 4.57. The predicted octanol–water partition coefficient (Wildman–Crippen LogP) is 2.92. The summed E-state index contributed by atoms with van der Waals surface area (Å²) in [6.07, 6.45) is 5.26. The maximum absolute atomic E-state index is 4.57. The number of nitrogens with zero attached hydrogens (tertiary/aromatic N) is 5. The lowest BCUT2D eigenvalue weighted by atomic mass is 10.1. The van der Waals surface area contributed by atoms with Crippen LogP contribution in [-0.2, 0) is 6.54 Å². The lowest BCUT2D eigenvalue weighted by molar-refractivity contribution is 0.963. The van der Waals surface area contributed by atoms with Gasteiger partial charge in [-0.3, -0.25) is 9.97 Å². The van der Waals surface area contributed by atoms with E-state index < -0.39 is 0 Å². The summed E-state index contributed by atoms with van der Waals surface area (Å²) in [5, 5.41) is 3.19. The van der Waals surface area contributed by atoms with Gasteiger partial charge in [0.05, 0.1) is 29.8 Å². The van der Waals surface area contributed by atoms with Gasteiger partial charge in [0.15, 0.2) is 0 Å². The third-order valence-electron chi connectivity index (χ3n) is 3.60. The SMILES string of the molecule is Cc1cnc(CNc2nccc(-c3ccc(N(C)C)cc3)n2)cn1. The van der Waals surface area contributed by atoms with Gasteiger partial charge in [0.25, 0.3) is 0 Å². The van der Waals surface area contributed by atoms with Crippen molar-refractivity contribution in [2.45, 2.75) is 13.5 Å². The zero-order chi connectivity index (χ0) is 16.9. The normalized spacial score (nSPS) is 10.5. The highest BCUT2D eigenvalue weighted by atomic mass is 15.1. The van der Waals surface area contributed by atoms with Crippen molar-refractivity contribution >= 4 is 11.6 Å². The lowest BCUT2D eigenvalue weighted by Gasteiger charge is -2.12. The fraction of sp³-hybridized carbons (Fsp3) is 0.222. The first kappa shape index (κ1) is 15.9. The van der Waals surface area contributed by atoms with Gasteiger partial charge in [0, 0.05) is 37.7 Å². The Hall–Kier alpha value is -3.02. The molecule has 2 aromatic heterocycles. The summed E-state index contributed by atoms with van der Waals surface area (Å²) in [6.45, 7) is 2.45. The van der Waals surface area contributed by atoms with Gasteiger partial charge in [-0.15, -0.1) is 0 Å². The zero-order valence-corrected chi connectivity index (χ0v) is 14.1. The van der Waals surface area contributed by atoms with Crippen LogP contribution in [0.25, 0.3) is 11.3 Å². The first-order chi connectivity index (χ1) is 11.6. The van der Waals surface area contributed by atoms with E-state index in [4.69, 9.17) is 0 Å². The second-order valence-corrected chi connectivity index (χ2v) is 5.71. The second-order valence-electron chi connectivity index (χ2n) is 5.71. The van der Waals surface area contributed by atoms with Gasteiger partial charge in [-0.2, -0.15) is 0 Å². The van der Waals surface area contributed by atoms with Crippen molar-refractivity contribution in [1.29, 1.82) is 0 Å². The van der Waals surface area contributed by atoms with Crippen LogP contribution in [0.2, 0.25) is 0 Å². The Labute approximate surface area is 141 Å². The minimum atomic E-state index is 0.538. The van der Waals surface area contributed by atoms with E-state index in [1.165, 1.54) is 0 Å². The van der Waals surface area contributed by atoms with Crippen LogP contribution < -0.4 is 10.2 Å². The van der Waals surface area contributed by atoms with Crippen molar-refractivity contribution in [3.8, 4) is 11.3 Å². The number of hydrogen-bond donors (Lipinski definition) is 1. The Morgan fingerprint density at radius 2 is 1.75 bits per heavy atom. The molecule has 0 bridgehead atoms. The van der Waals surface area contributed by atoms with Crippen LogP contribution in [0, 0.1) is 6.92 Å². The van der Waals surface area contributed by atoms with Crippen molar-refractivity contribution in [3.05, 3.63) is 60.3 Å². The molecule has 0 aliphatic rings. The van der Waals surface area contributed by atoms with E-state index in [0.29, 0.717) is 12.5 Å². The van der Waals surface area contributed by atoms with Gasteiger partial charge in [0.1, 0.15) is 0 Å². The van der Waals surface area contributed by atoms with E-state index in [-0.39, 0.29) is 0 Å². The first-order valence-corrected chi connectivity index (χ1v) is 7.74. The van der Waals surface area contributed by atoms with E-state index in [0.717, 1.165) is 28.3 Å². The van der Waals surface area contributed by atoms with Gasteiger partial charge in [-0.05, 0) is 25.1 Å². The van der Waals surface area contributed by atoms with Crippen LogP contribution in [0.15, 0.2) is 48.9 Å². The second kappa shape index (κ2) is 7.04. The van der Waals surface area contributed by atoms with Gasteiger partial charge in [0.2, 0.25) is 5.95 Å². The Morgan fingerprint density at radius 3 is 2.42 bits per heavy atom. The Balaban J connectivity index is 1.72. The molecular formula is C18H20N6. The summed E-state index contributed by atoms with van der Waals surface area (Å²) in [5.74, 6) is 0.576. The first-order valence-electron chi connectivity index (χ1n) is 7.74. The number of rotatable bonds is 5. The van der Waals surface area contributed by atoms with Crippen LogP contribution in [0.3, 0.4) is 0 Å². The monoisotopic (exact) mass is 320 g/mol. The molecule has 3 rings (SSSR count). The summed E-state index contributed by atoms with van der Waals surface area (Å²) in [4.78, 5) is 19.4. The van der Waals surface area contributed by atoms with E-state index in [1.807, 2.05) is 27.1 Å². The predicted molar refractivity (Wildman–Crippen MR) is 95.9 cm³/mol. The Morgan fingerprint density at radius 1 is 0.958 bits per heavy atom. The number of aryl methyl sites for hydroxylation is 1. The molecule has 0 aliphatic carbocycles. The van der Waals surface area contributed by atoms with Crippen LogP contribution in [0.1, 0.15) is 11.4 Å². The fourth-order valence-corrected chi connectivity index (χ4v) is 2.22. The molecular weight excluding hydrogens is 300 g/mol. The van der Waals surface area contributed by atoms with Crippen molar-refractivity contribution in [1.82, 2.24) is 19.9 Å². The molecule has 0 amide bonds. The summed E-state index contributed by atoms with van der Waals surface area (Å²) >= 11 is 0. The fourth-order valence-electron chi connectivity index (χ4n) is 2.22. The molecule has 1 N–H and O–H groups in total. The number of benzene rings is 1. The Kier molecular flexibility index (Phi) is 4.65. The molecule has 0 saturated carbocycles. The summed E-state index contributed by atoms with van der Waals surface area (Å²) < 4.78 is 0. The van der Waals surface area contributed by atoms with E-state index in [2.05, 4.69) is 54.4 Å². The highest BCUT2D eigenvalue weighted by molar-refractivity contribution is 5.63. The molecule has 0 saturated heterocycles. The van der Waals surface area contributed by atoms with Gasteiger partial charge in [-0.25, -0.2) is 9.97 Å². The number of hydrogen-bond acceptors (Lipinski definition) is 6. The summed E-state index contributed by atoms with van der Waals surface area (Å²) in [5.41, 5.74) is 4.85. The minimum Gasteiger partial charge on any atom is -0.378 e. The molecule has 2 heterocycles. The average Bonchev–Trinajstić information content (AvgIpc) is 2.61. The van der Waals surface area contributed by atoms with E-state index in [9.17, 15) is 0 Å². The average molecular weight is 320 g/mol. The molecule has 1 aromatic carbocycles. The number of anilines is 2. The molecule has 122 valence electrons. The zero-order valence-electron chi connectivity index (χ0n) is 14.1. The van der Waals surface area contributed by atoms with Crippen molar-refractivity contribution in [2.24, 2.45) is 0 Å². The summed E-state index contributed by atoms with van der Waals surface area (Å²) in [7, 11) is 4.05. The van der Waals surface area contributed by atoms with Crippen molar-refractivity contribution in [2.75, 3.05) is 24.3 Å². The molecule has 0 unspecified atom stereocenters. The maximum Gasteiger partial charge on any atom is 0.223 e. The topological polar surface area (TPSA) is 66.8 Å². The van der Waals surface area contributed by atoms with Crippen LogP contribution >= 0.6 is 0 Å². The van der Waals surface area contributed by atoms with Crippen molar-refractivity contribution < 1.29 is 0 Å². The third kappa shape index (κ3) is 3.84. The van der Waals surface area contributed by atoms with E-state index >= 15 is 0 Å². The molecule has 0 fully saturated rings. The smallest absolute Gasteiger partial charge is 0.223 e. The van der Waals surface area contributed by atoms with Gasteiger partial charge in [-0.1, -0.05) is 12.1 Å². The number of nitrogens with one attached hydrogen (secondary N) is 1. The molecule has 0 spiro atoms. The summed E-state index contributed by atoms with van der Waals surface area (Å²) in [6, 6.07) is 10.2. The molecule has 24 heavy (non-hydrogen) atoms. The van der Waals surface area contributed by atoms with Crippen LogP contribution in [0.5, 0.6) is 0 Å². The quantitative estimate of drug-likeness (QED) is 0.779. The van der Waals surface area contributed by atoms with Gasteiger partial charge < -0.3 is 10.2 Å². The number of aromatic nitrogens is 4. The lowest BCUT2D eigenvalue weighted by Crippen LogP contribution is -2.08. The standard InChI is InChI=1S/C18H20N6/c1-13-10-21-15(11-20-13)12-22-18-19-9-8-17(23-18)14-4-6-16(7-5-14)24(2)3/h4-11H,12H2,1-3H3,(H,19,22,23). The van der Waals surface area contributed by atoms with Crippen molar-refractivity contribution in [3.63, 3.8) is 0 Å². The highest BCUT2D eigenvalue weighted by Crippen LogP contribution is 2.21. The minimum absolute atomic E-state index is 0.538. The van der Waals surface area contributed by atoms with Gasteiger partial charge >= 0.3 is 0 Å². The molecule has 0 atom stereocenters.